The minimum atomic E-state index is 0.276. The molecule has 0 aliphatic carbocycles. The second kappa shape index (κ2) is 4.07. The van der Waals surface area contributed by atoms with Crippen LogP contribution < -0.4 is 0 Å². The summed E-state index contributed by atoms with van der Waals surface area (Å²) in [6, 6.07) is 8.57. The van der Waals surface area contributed by atoms with Crippen LogP contribution in [0.3, 0.4) is 0 Å². The maximum atomic E-state index is 5.56. The Bertz CT molecular complexity index is 457. The van der Waals surface area contributed by atoms with Crippen molar-refractivity contribution in [3.8, 4) is 0 Å². The molecule has 1 aromatic heterocycles. The molecule has 2 rings (SSSR count). The number of fused-ring (bicyclic) bond motifs is 1. The molecular weight excluding hydrogens is 186 g/mol. The average Bonchev–Trinajstić information content (AvgIpc) is 2.56. The summed E-state index contributed by atoms with van der Waals surface area (Å²) in [5.41, 5.74) is 3.62. The van der Waals surface area contributed by atoms with E-state index >= 15 is 0 Å². The van der Waals surface area contributed by atoms with Gasteiger partial charge in [-0.2, -0.15) is 0 Å². The summed E-state index contributed by atoms with van der Waals surface area (Å²) in [5.74, 6) is 0. The smallest absolute Gasteiger partial charge is 0.0869 e. The van der Waals surface area contributed by atoms with E-state index in [1.165, 1.54) is 16.5 Å². The zero-order chi connectivity index (χ0) is 10.8. The molecule has 80 valence electrons. The van der Waals surface area contributed by atoms with E-state index in [-0.39, 0.29) is 6.10 Å². The number of aryl methyl sites for hydroxylation is 1. The molecule has 15 heavy (non-hydrogen) atoms. The Morgan fingerprint density at radius 2 is 2.07 bits per heavy atom. The van der Waals surface area contributed by atoms with E-state index in [9.17, 15) is 0 Å². The molecule has 0 fully saturated rings. The van der Waals surface area contributed by atoms with Crippen LogP contribution in [0.4, 0.5) is 0 Å². The first-order valence-corrected chi connectivity index (χ1v) is 5.35. The van der Waals surface area contributed by atoms with Crippen molar-refractivity contribution in [1.82, 2.24) is 4.98 Å². The Morgan fingerprint density at radius 3 is 2.80 bits per heavy atom. The zero-order valence-corrected chi connectivity index (χ0v) is 9.50. The third-order valence-corrected chi connectivity index (χ3v) is 2.40. The van der Waals surface area contributed by atoms with Gasteiger partial charge in [0.1, 0.15) is 0 Å². The van der Waals surface area contributed by atoms with Gasteiger partial charge in [-0.25, -0.2) is 0 Å². The highest BCUT2D eigenvalue weighted by atomic mass is 16.5. The normalized spacial score (nSPS) is 11.5. The second-order valence-corrected chi connectivity index (χ2v) is 4.25. The maximum Gasteiger partial charge on any atom is 0.0869 e. The standard InChI is InChI=1S/C13H17NO/c1-9(2)15-8-12-7-11-6-10(3)4-5-13(11)14-12/h4-7,9,14H,8H2,1-3H3. The van der Waals surface area contributed by atoms with E-state index in [1.54, 1.807) is 0 Å². The van der Waals surface area contributed by atoms with E-state index in [0.717, 1.165) is 5.69 Å². The highest BCUT2D eigenvalue weighted by molar-refractivity contribution is 5.81. The van der Waals surface area contributed by atoms with Crippen molar-refractivity contribution in [1.29, 1.82) is 0 Å². The molecule has 0 aliphatic heterocycles. The molecule has 0 aliphatic rings. The van der Waals surface area contributed by atoms with Crippen LogP contribution in [0.15, 0.2) is 24.3 Å². The van der Waals surface area contributed by atoms with E-state index < -0.39 is 0 Å². The lowest BCUT2D eigenvalue weighted by Gasteiger charge is -2.04. The van der Waals surface area contributed by atoms with E-state index in [2.05, 4.69) is 36.2 Å². The molecule has 0 radical (unpaired) electrons. The fraction of sp³-hybridized carbons (Fsp3) is 0.385. The number of nitrogens with one attached hydrogen (secondary N) is 1. The van der Waals surface area contributed by atoms with Gasteiger partial charge in [-0.1, -0.05) is 11.6 Å². The predicted molar refractivity (Wildman–Crippen MR) is 63.0 cm³/mol. The van der Waals surface area contributed by atoms with Crippen molar-refractivity contribution in [3.63, 3.8) is 0 Å². The molecule has 2 heteroatoms. The Labute approximate surface area is 90.3 Å². The summed E-state index contributed by atoms with van der Waals surface area (Å²) in [6.45, 7) is 6.86. The predicted octanol–water partition coefficient (Wildman–Crippen LogP) is 3.40. The van der Waals surface area contributed by atoms with Gasteiger partial charge in [0.2, 0.25) is 0 Å². The van der Waals surface area contributed by atoms with Crippen LogP contribution >= 0.6 is 0 Å². The Balaban J connectivity index is 2.23. The molecule has 0 atom stereocenters. The Kier molecular flexibility index (Phi) is 2.78. The lowest BCUT2D eigenvalue weighted by Crippen LogP contribution is -2.02. The number of H-pyrrole nitrogens is 1. The Morgan fingerprint density at radius 1 is 1.27 bits per heavy atom. The van der Waals surface area contributed by atoms with Gasteiger partial charge < -0.3 is 9.72 Å². The zero-order valence-electron chi connectivity index (χ0n) is 9.50. The van der Waals surface area contributed by atoms with Gasteiger partial charge in [0, 0.05) is 11.2 Å². The number of benzene rings is 1. The molecular formula is C13H17NO. The quantitative estimate of drug-likeness (QED) is 0.812. The van der Waals surface area contributed by atoms with Crippen LogP contribution in [0, 0.1) is 6.92 Å². The van der Waals surface area contributed by atoms with Gasteiger partial charge in [-0.3, -0.25) is 0 Å². The number of aromatic nitrogens is 1. The summed E-state index contributed by atoms with van der Waals surface area (Å²) < 4.78 is 5.56. The van der Waals surface area contributed by atoms with Gasteiger partial charge in [0.25, 0.3) is 0 Å². The lowest BCUT2D eigenvalue weighted by molar-refractivity contribution is 0.0639. The fourth-order valence-electron chi connectivity index (χ4n) is 1.65. The monoisotopic (exact) mass is 203 g/mol. The second-order valence-electron chi connectivity index (χ2n) is 4.25. The van der Waals surface area contributed by atoms with Crippen LogP contribution in [-0.4, -0.2) is 11.1 Å². The highest BCUT2D eigenvalue weighted by Gasteiger charge is 2.01. The van der Waals surface area contributed by atoms with Gasteiger partial charge in [0.05, 0.1) is 12.7 Å². The van der Waals surface area contributed by atoms with Crippen molar-refractivity contribution < 1.29 is 4.74 Å². The van der Waals surface area contributed by atoms with Gasteiger partial charge >= 0.3 is 0 Å². The summed E-state index contributed by atoms with van der Waals surface area (Å²) in [7, 11) is 0. The van der Waals surface area contributed by atoms with E-state index in [1.807, 2.05) is 13.8 Å². The van der Waals surface area contributed by atoms with Crippen LogP contribution in [-0.2, 0) is 11.3 Å². The van der Waals surface area contributed by atoms with Crippen LogP contribution in [0.1, 0.15) is 25.1 Å². The highest BCUT2D eigenvalue weighted by Crippen LogP contribution is 2.17. The molecule has 1 N–H and O–H groups in total. The molecule has 1 aromatic carbocycles. The average molecular weight is 203 g/mol. The van der Waals surface area contributed by atoms with Crippen LogP contribution in [0.25, 0.3) is 10.9 Å². The first-order chi connectivity index (χ1) is 7.15. The summed E-state index contributed by atoms with van der Waals surface area (Å²) >= 11 is 0. The molecule has 0 saturated carbocycles. The van der Waals surface area contributed by atoms with E-state index in [0.29, 0.717) is 6.61 Å². The summed E-state index contributed by atoms with van der Waals surface area (Å²) in [6.07, 6.45) is 0.276. The summed E-state index contributed by atoms with van der Waals surface area (Å²) in [4.78, 5) is 3.35. The number of aromatic amines is 1. The molecule has 0 spiro atoms. The maximum absolute atomic E-state index is 5.56. The van der Waals surface area contributed by atoms with Gasteiger partial charge in [-0.15, -0.1) is 0 Å². The Hall–Kier alpha value is -1.28. The minimum Gasteiger partial charge on any atom is -0.373 e. The molecule has 1 heterocycles. The number of ether oxygens (including phenoxy) is 1. The van der Waals surface area contributed by atoms with Crippen molar-refractivity contribution in [2.24, 2.45) is 0 Å². The molecule has 0 saturated heterocycles. The van der Waals surface area contributed by atoms with Gasteiger partial charge in [0.15, 0.2) is 0 Å². The largest absolute Gasteiger partial charge is 0.373 e. The first-order valence-electron chi connectivity index (χ1n) is 5.35. The molecule has 2 nitrogen and oxygen atoms in total. The molecule has 2 aromatic rings. The van der Waals surface area contributed by atoms with Crippen molar-refractivity contribution >= 4 is 10.9 Å². The first kappa shape index (κ1) is 10.2. The van der Waals surface area contributed by atoms with Crippen LogP contribution in [0.2, 0.25) is 0 Å². The minimum absolute atomic E-state index is 0.276. The molecule has 0 amide bonds. The summed E-state index contributed by atoms with van der Waals surface area (Å²) in [5, 5.41) is 1.26. The van der Waals surface area contributed by atoms with Crippen molar-refractivity contribution in [2.75, 3.05) is 0 Å². The van der Waals surface area contributed by atoms with Crippen LogP contribution in [0.5, 0.6) is 0 Å². The van der Waals surface area contributed by atoms with Gasteiger partial charge in [-0.05, 0) is 44.4 Å². The molecule has 0 unspecified atom stereocenters. The SMILES string of the molecule is Cc1ccc2[nH]c(COC(C)C)cc2c1. The number of rotatable bonds is 3. The van der Waals surface area contributed by atoms with E-state index in [4.69, 9.17) is 4.74 Å². The van der Waals surface area contributed by atoms with Crippen molar-refractivity contribution in [3.05, 3.63) is 35.5 Å². The fourth-order valence-corrected chi connectivity index (χ4v) is 1.65. The number of hydrogen-bond acceptors (Lipinski definition) is 1. The topological polar surface area (TPSA) is 25.0 Å². The third kappa shape index (κ3) is 2.39. The molecule has 0 bridgehead atoms. The number of hydrogen-bond donors (Lipinski definition) is 1. The lowest BCUT2D eigenvalue weighted by atomic mass is 10.2. The van der Waals surface area contributed by atoms with Crippen molar-refractivity contribution in [2.45, 2.75) is 33.5 Å². The third-order valence-electron chi connectivity index (χ3n) is 2.40.